The first-order chi connectivity index (χ1) is 9.34. The number of ether oxygens (including phenoxy) is 1. The zero-order chi connectivity index (χ0) is 13.1. The van der Waals surface area contributed by atoms with E-state index in [4.69, 9.17) is 4.74 Å². The maximum absolute atomic E-state index is 9.50. The van der Waals surface area contributed by atoms with Gasteiger partial charge in [0, 0.05) is 16.9 Å². The van der Waals surface area contributed by atoms with Crippen molar-refractivity contribution < 1.29 is 9.84 Å². The molecule has 0 fully saturated rings. The molecule has 2 nitrogen and oxygen atoms in total. The summed E-state index contributed by atoms with van der Waals surface area (Å²) < 4.78 is 5.43. The Hall–Kier alpha value is -1.87. The lowest BCUT2D eigenvalue weighted by Gasteiger charge is -2.24. The van der Waals surface area contributed by atoms with Crippen LogP contribution in [0.1, 0.15) is 17.9 Å². The molecule has 0 bridgehead atoms. The average molecular weight is 270 g/mol. The third-order valence-corrected chi connectivity index (χ3v) is 3.89. The standard InChI is InChI=1S/C16H14O2S/c17-16-11-19-10-15(18-16)14-9-5-4-8-13(14)12-6-2-1-3-7-12/h1-7,9-11,13,17H,8H2. The van der Waals surface area contributed by atoms with Gasteiger partial charge in [-0.15, -0.1) is 0 Å². The van der Waals surface area contributed by atoms with Gasteiger partial charge in [-0.2, -0.15) is 0 Å². The highest BCUT2D eigenvalue weighted by Gasteiger charge is 2.23. The van der Waals surface area contributed by atoms with Crippen molar-refractivity contribution in [2.75, 3.05) is 0 Å². The summed E-state index contributed by atoms with van der Waals surface area (Å²) in [7, 11) is 0. The molecule has 1 aromatic carbocycles. The first kappa shape index (κ1) is 12.2. The molecule has 3 rings (SSSR count). The van der Waals surface area contributed by atoms with Crippen molar-refractivity contribution in [2.45, 2.75) is 12.3 Å². The molecular weight excluding hydrogens is 256 g/mol. The van der Waals surface area contributed by atoms with Crippen molar-refractivity contribution in [3.63, 3.8) is 0 Å². The quantitative estimate of drug-likeness (QED) is 0.850. The third kappa shape index (κ3) is 2.61. The van der Waals surface area contributed by atoms with Crippen LogP contribution in [0, 0.1) is 0 Å². The normalized spacial score (nSPS) is 22.1. The minimum absolute atomic E-state index is 0.0373. The zero-order valence-electron chi connectivity index (χ0n) is 10.3. The molecule has 3 heteroatoms. The fraction of sp³-hybridized carbons (Fsp3) is 0.125. The summed E-state index contributed by atoms with van der Waals surface area (Å²) >= 11 is 1.44. The van der Waals surface area contributed by atoms with Crippen LogP contribution in [0.3, 0.4) is 0 Å². The van der Waals surface area contributed by atoms with E-state index in [0.29, 0.717) is 0 Å². The Balaban J connectivity index is 1.92. The largest absolute Gasteiger partial charge is 0.480 e. The molecule has 0 saturated carbocycles. The van der Waals surface area contributed by atoms with E-state index in [2.05, 4.69) is 24.3 Å². The van der Waals surface area contributed by atoms with Crippen molar-refractivity contribution in [1.29, 1.82) is 0 Å². The number of allylic oxidation sites excluding steroid dienone is 4. The summed E-state index contributed by atoms with van der Waals surface area (Å²) in [6.45, 7) is 0. The Kier molecular flexibility index (Phi) is 3.47. The molecule has 1 aromatic rings. The molecular formula is C16H14O2S. The SMILES string of the molecule is OC1=CSC=C(C2=CC=CCC2c2ccccc2)O1. The second kappa shape index (κ2) is 5.41. The topological polar surface area (TPSA) is 29.5 Å². The van der Waals surface area contributed by atoms with E-state index in [-0.39, 0.29) is 11.9 Å². The van der Waals surface area contributed by atoms with E-state index in [1.165, 1.54) is 17.3 Å². The van der Waals surface area contributed by atoms with E-state index >= 15 is 0 Å². The van der Waals surface area contributed by atoms with Crippen LogP contribution in [-0.2, 0) is 4.74 Å². The summed E-state index contributed by atoms with van der Waals surface area (Å²) in [5, 5.41) is 13.0. The van der Waals surface area contributed by atoms with Gasteiger partial charge in [-0.3, -0.25) is 0 Å². The fourth-order valence-electron chi connectivity index (χ4n) is 2.33. The van der Waals surface area contributed by atoms with Crippen LogP contribution in [0.15, 0.2) is 76.7 Å². The number of aliphatic hydroxyl groups excluding tert-OH is 1. The van der Waals surface area contributed by atoms with Crippen LogP contribution in [0.4, 0.5) is 0 Å². The van der Waals surface area contributed by atoms with Crippen molar-refractivity contribution in [3.05, 3.63) is 82.2 Å². The van der Waals surface area contributed by atoms with Crippen LogP contribution >= 0.6 is 11.8 Å². The Labute approximate surface area is 116 Å². The molecule has 0 spiro atoms. The molecule has 1 N–H and O–H groups in total. The minimum Gasteiger partial charge on any atom is -0.480 e. The number of rotatable bonds is 2. The van der Waals surface area contributed by atoms with Gasteiger partial charge in [-0.25, -0.2) is 0 Å². The molecule has 1 aliphatic heterocycles. The first-order valence-corrected chi connectivity index (χ1v) is 7.13. The van der Waals surface area contributed by atoms with Gasteiger partial charge in [0.2, 0.25) is 0 Å². The smallest absolute Gasteiger partial charge is 0.289 e. The van der Waals surface area contributed by atoms with Crippen molar-refractivity contribution in [1.82, 2.24) is 0 Å². The maximum Gasteiger partial charge on any atom is 0.289 e. The van der Waals surface area contributed by atoms with Crippen LogP contribution in [0.2, 0.25) is 0 Å². The summed E-state index contributed by atoms with van der Waals surface area (Å²) in [6.07, 6.45) is 7.21. The van der Waals surface area contributed by atoms with Gasteiger partial charge in [0.15, 0.2) is 0 Å². The highest BCUT2D eigenvalue weighted by Crippen LogP contribution is 2.38. The fourth-order valence-corrected chi connectivity index (χ4v) is 2.87. The molecule has 2 aliphatic rings. The zero-order valence-corrected chi connectivity index (χ0v) is 11.1. The Bertz CT molecular complexity index is 582. The van der Waals surface area contributed by atoms with Crippen LogP contribution in [0.5, 0.6) is 0 Å². The summed E-state index contributed by atoms with van der Waals surface area (Å²) in [4.78, 5) is 0. The highest BCUT2D eigenvalue weighted by molar-refractivity contribution is 8.05. The molecule has 0 radical (unpaired) electrons. The monoisotopic (exact) mass is 270 g/mol. The Morgan fingerprint density at radius 3 is 2.79 bits per heavy atom. The molecule has 0 amide bonds. The van der Waals surface area contributed by atoms with Gasteiger partial charge in [0.1, 0.15) is 5.76 Å². The minimum atomic E-state index is -0.0373. The third-order valence-electron chi connectivity index (χ3n) is 3.20. The highest BCUT2D eigenvalue weighted by atomic mass is 32.2. The van der Waals surface area contributed by atoms with Crippen molar-refractivity contribution >= 4 is 11.8 Å². The molecule has 0 aromatic heterocycles. The van der Waals surface area contributed by atoms with Gasteiger partial charge in [0.05, 0.1) is 5.41 Å². The van der Waals surface area contributed by atoms with E-state index < -0.39 is 0 Å². The molecule has 1 aliphatic carbocycles. The lowest BCUT2D eigenvalue weighted by Crippen LogP contribution is -2.09. The molecule has 1 atom stereocenters. The van der Waals surface area contributed by atoms with Crippen LogP contribution in [-0.4, -0.2) is 5.11 Å². The van der Waals surface area contributed by atoms with E-state index in [1.807, 2.05) is 29.7 Å². The molecule has 19 heavy (non-hydrogen) atoms. The molecule has 96 valence electrons. The van der Waals surface area contributed by atoms with E-state index in [9.17, 15) is 5.11 Å². The average Bonchev–Trinajstić information content (AvgIpc) is 2.48. The number of benzene rings is 1. The predicted octanol–water partition coefficient (Wildman–Crippen LogP) is 4.62. The van der Waals surface area contributed by atoms with E-state index in [0.717, 1.165) is 17.8 Å². The first-order valence-electron chi connectivity index (χ1n) is 6.19. The summed E-state index contributed by atoms with van der Waals surface area (Å²) in [5.41, 5.74) is 2.38. The van der Waals surface area contributed by atoms with Gasteiger partial charge in [0.25, 0.3) is 5.95 Å². The number of aliphatic hydroxyl groups is 1. The van der Waals surface area contributed by atoms with Gasteiger partial charge in [-0.05, 0) is 12.0 Å². The van der Waals surface area contributed by atoms with Crippen LogP contribution < -0.4 is 0 Å². The molecule has 0 saturated heterocycles. The molecule has 1 heterocycles. The summed E-state index contributed by atoms with van der Waals surface area (Å²) in [6, 6.07) is 10.4. The maximum atomic E-state index is 9.50. The van der Waals surface area contributed by atoms with Gasteiger partial charge < -0.3 is 9.84 Å². The van der Waals surface area contributed by atoms with Crippen LogP contribution in [0.25, 0.3) is 0 Å². The van der Waals surface area contributed by atoms with Crippen molar-refractivity contribution in [2.24, 2.45) is 0 Å². The Morgan fingerprint density at radius 2 is 2.00 bits per heavy atom. The Morgan fingerprint density at radius 1 is 1.16 bits per heavy atom. The lowest BCUT2D eigenvalue weighted by atomic mass is 9.84. The van der Waals surface area contributed by atoms with Gasteiger partial charge >= 0.3 is 0 Å². The second-order valence-corrected chi connectivity index (χ2v) is 5.17. The van der Waals surface area contributed by atoms with Crippen molar-refractivity contribution in [3.8, 4) is 0 Å². The van der Waals surface area contributed by atoms with Gasteiger partial charge in [-0.1, -0.05) is 60.3 Å². The summed E-state index contributed by atoms with van der Waals surface area (Å²) in [5.74, 6) is 0.983. The number of hydrogen-bond acceptors (Lipinski definition) is 3. The van der Waals surface area contributed by atoms with E-state index in [1.54, 1.807) is 5.41 Å². The number of thioether (sulfide) groups is 1. The second-order valence-electron chi connectivity index (χ2n) is 4.43. The number of hydrogen-bond donors (Lipinski definition) is 1. The lowest BCUT2D eigenvalue weighted by molar-refractivity contribution is 0.150. The predicted molar refractivity (Wildman–Crippen MR) is 78.5 cm³/mol. The molecule has 1 unspecified atom stereocenters.